The fraction of sp³-hybridized carbons (Fsp3) is 0.318. The van der Waals surface area contributed by atoms with Gasteiger partial charge in [0.1, 0.15) is 0 Å². The van der Waals surface area contributed by atoms with Crippen LogP contribution in [0.2, 0.25) is 0 Å². The molecule has 26 heavy (non-hydrogen) atoms. The van der Waals surface area contributed by atoms with E-state index in [0.29, 0.717) is 12.3 Å². The molecule has 0 bridgehead atoms. The molecule has 2 N–H and O–H groups in total. The summed E-state index contributed by atoms with van der Waals surface area (Å²) in [6.07, 6.45) is 4.42. The van der Waals surface area contributed by atoms with Crippen molar-refractivity contribution in [3.63, 3.8) is 0 Å². The predicted molar refractivity (Wildman–Crippen MR) is 103 cm³/mol. The number of para-hydroxylation sites is 1. The van der Waals surface area contributed by atoms with Crippen LogP contribution in [0, 0.1) is 5.92 Å². The van der Waals surface area contributed by atoms with Gasteiger partial charge in [-0.05, 0) is 41.5 Å². The first-order valence-electron chi connectivity index (χ1n) is 9.24. The molecule has 4 nitrogen and oxygen atoms in total. The van der Waals surface area contributed by atoms with E-state index in [1.165, 1.54) is 5.56 Å². The second-order valence-electron chi connectivity index (χ2n) is 7.21. The molecule has 1 aliphatic heterocycles. The van der Waals surface area contributed by atoms with Crippen LogP contribution in [-0.2, 0) is 24.2 Å². The maximum absolute atomic E-state index is 12.7. The average molecular weight is 348 g/mol. The Kier molecular flexibility index (Phi) is 4.76. The van der Waals surface area contributed by atoms with E-state index in [1.807, 2.05) is 41.4 Å². The Morgan fingerprint density at radius 2 is 2.00 bits per heavy atom. The van der Waals surface area contributed by atoms with Gasteiger partial charge in [0.15, 0.2) is 0 Å². The van der Waals surface area contributed by atoms with E-state index in [9.17, 15) is 9.90 Å². The van der Waals surface area contributed by atoms with Crippen LogP contribution >= 0.6 is 0 Å². The van der Waals surface area contributed by atoms with Gasteiger partial charge in [0.2, 0.25) is 5.91 Å². The maximum atomic E-state index is 12.7. The first kappa shape index (κ1) is 16.9. The van der Waals surface area contributed by atoms with Crippen molar-refractivity contribution in [2.45, 2.75) is 25.9 Å². The lowest BCUT2D eigenvalue weighted by Crippen LogP contribution is -2.30. The van der Waals surface area contributed by atoms with Crippen molar-refractivity contribution in [2.75, 3.05) is 13.1 Å². The molecule has 0 saturated carbocycles. The Balaban J connectivity index is 1.38. The molecule has 1 aliphatic rings. The van der Waals surface area contributed by atoms with Crippen LogP contribution in [-0.4, -0.2) is 34.0 Å². The van der Waals surface area contributed by atoms with Crippen LogP contribution in [0.1, 0.15) is 23.1 Å². The third kappa shape index (κ3) is 3.51. The lowest BCUT2D eigenvalue weighted by atomic mass is 9.97. The molecule has 1 saturated heterocycles. The van der Waals surface area contributed by atoms with Crippen molar-refractivity contribution in [3.05, 3.63) is 71.4 Å². The summed E-state index contributed by atoms with van der Waals surface area (Å²) in [5, 5.41) is 10.4. The number of aromatic nitrogens is 1. The molecule has 134 valence electrons. The second kappa shape index (κ2) is 7.34. The highest BCUT2D eigenvalue weighted by molar-refractivity contribution is 5.88. The van der Waals surface area contributed by atoms with E-state index in [-0.39, 0.29) is 12.5 Å². The molecule has 2 heterocycles. The normalized spacial score (nSPS) is 17.1. The van der Waals surface area contributed by atoms with E-state index in [0.717, 1.165) is 48.0 Å². The molecular weight excluding hydrogens is 324 g/mol. The molecule has 4 rings (SSSR count). The van der Waals surface area contributed by atoms with Gasteiger partial charge >= 0.3 is 0 Å². The number of H-pyrrole nitrogens is 1. The fourth-order valence-corrected chi connectivity index (χ4v) is 3.97. The molecule has 3 aromatic rings. The van der Waals surface area contributed by atoms with E-state index >= 15 is 0 Å². The summed E-state index contributed by atoms with van der Waals surface area (Å²) in [5.74, 6) is 0.706. The lowest BCUT2D eigenvalue weighted by molar-refractivity contribution is -0.129. The molecule has 2 aromatic carbocycles. The first-order chi connectivity index (χ1) is 12.7. The minimum atomic E-state index is 0.0771. The van der Waals surface area contributed by atoms with Gasteiger partial charge < -0.3 is 15.0 Å². The number of carbonyl (C=O) groups is 1. The van der Waals surface area contributed by atoms with Crippen molar-refractivity contribution >= 4 is 16.8 Å². The summed E-state index contributed by atoms with van der Waals surface area (Å²) in [5.41, 5.74) is 4.35. The van der Waals surface area contributed by atoms with Gasteiger partial charge in [0, 0.05) is 30.2 Å². The number of aliphatic hydroxyl groups is 1. The molecule has 4 heteroatoms. The number of aromatic amines is 1. The van der Waals surface area contributed by atoms with Crippen LogP contribution in [0.25, 0.3) is 10.9 Å². The highest BCUT2D eigenvalue weighted by atomic mass is 16.3. The maximum Gasteiger partial charge on any atom is 0.227 e. The number of aliphatic hydroxyl groups excluding tert-OH is 1. The summed E-state index contributed by atoms with van der Waals surface area (Å²) < 4.78 is 0. The summed E-state index contributed by atoms with van der Waals surface area (Å²) in [4.78, 5) is 18.0. The van der Waals surface area contributed by atoms with Crippen molar-refractivity contribution < 1.29 is 9.90 Å². The molecule has 0 aliphatic carbocycles. The quantitative estimate of drug-likeness (QED) is 0.743. The number of amides is 1. The van der Waals surface area contributed by atoms with Crippen molar-refractivity contribution in [1.29, 1.82) is 0 Å². The molecule has 0 spiro atoms. The monoisotopic (exact) mass is 348 g/mol. The van der Waals surface area contributed by atoms with Crippen LogP contribution in [0.5, 0.6) is 0 Å². The molecular formula is C22H24N2O2. The standard InChI is InChI=1S/C22H24N2O2/c25-15-18-5-3-4-16(11-18)10-17-8-9-24(14-17)22(26)12-19-13-23-21-7-2-1-6-20(19)21/h1-7,11,13,17,23,25H,8-10,12,14-15H2. The molecule has 1 aromatic heterocycles. The number of likely N-dealkylation sites (tertiary alicyclic amines) is 1. The predicted octanol–water partition coefficient (Wildman–Crippen LogP) is 3.29. The van der Waals surface area contributed by atoms with Crippen LogP contribution in [0.15, 0.2) is 54.7 Å². The van der Waals surface area contributed by atoms with Crippen molar-refractivity contribution in [3.8, 4) is 0 Å². The number of hydrogen-bond donors (Lipinski definition) is 2. The third-order valence-electron chi connectivity index (χ3n) is 5.35. The summed E-state index contributed by atoms with van der Waals surface area (Å²) >= 11 is 0. The average Bonchev–Trinajstić information content (AvgIpc) is 3.29. The van der Waals surface area contributed by atoms with Crippen LogP contribution in [0.3, 0.4) is 0 Å². The summed E-state index contributed by atoms with van der Waals surface area (Å²) in [6, 6.07) is 16.2. The molecule has 1 amide bonds. The van der Waals surface area contributed by atoms with Crippen LogP contribution < -0.4 is 0 Å². The van der Waals surface area contributed by atoms with Gasteiger partial charge in [-0.15, -0.1) is 0 Å². The second-order valence-corrected chi connectivity index (χ2v) is 7.21. The van der Waals surface area contributed by atoms with Crippen molar-refractivity contribution in [1.82, 2.24) is 9.88 Å². The molecule has 0 radical (unpaired) electrons. The highest BCUT2D eigenvalue weighted by Crippen LogP contribution is 2.24. The number of nitrogens with one attached hydrogen (secondary N) is 1. The van der Waals surface area contributed by atoms with Gasteiger partial charge in [0.05, 0.1) is 13.0 Å². The molecule has 1 fully saturated rings. The van der Waals surface area contributed by atoms with Gasteiger partial charge in [-0.3, -0.25) is 4.79 Å². The Morgan fingerprint density at radius 3 is 2.88 bits per heavy atom. The zero-order valence-electron chi connectivity index (χ0n) is 14.8. The topological polar surface area (TPSA) is 56.3 Å². The number of fused-ring (bicyclic) bond motifs is 1. The summed E-state index contributed by atoms with van der Waals surface area (Å²) in [6.45, 7) is 1.74. The SMILES string of the molecule is O=C(Cc1c[nH]c2ccccc12)N1CCC(Cc2cccc(CO)c2)C1. The smallest absolute Gasteiger partial charge is 0.227 e. The van der Waals surface area contributed by atoms with Gasteiger partial charge in [0.25, 0.3) is 0 Å². The molecule has 1 unspecified atom stereocenters. The van der Waals surface area contributed by atoms with E-state index in [2.05, 4.69) is 23.2 Å². The minimum Gasteiger partial charge on any atom is -0.392 e. The van der Waals surface area contributed by atoms with Gasteiger partial charge in [-0.2, -0.15) is 0 Å². The fourth-order valence-electron chi connectivity index (χ4n) is 3.97. The van der Waals surface area contributed by atoms with Crippen molar-refractivity contribution in [2.24, 2.45) is 5.92 Å². The third-order valence-corrected chi connectivity index (χ3v) is 5.35. The Morgan fingerprint density at radius 1 is 1.15 bits per heavy atom. The number of hydrogen-bond acceptors (Lipinski definition) is 2. The largest absolute Gasteiger partial charge is 0.392 e. The highest BCUT2D eigenvalue weighted by Gasteiger charge is 2.26. The Bertz CT molecular complexity index is 915. The lowest BCUT2D eigenvalue weighted by Gasteiger charge is -2.16. The van der Waals surface area contributed by atoms with E-state index in [1.54, 1.807) is 0 Å². The zero-order chi connectivity index (χ0) is 17.9. The summed E-state index contributed by atoms with van der Waals surface area (Å²) in [7, 11) is 0. The number of rotatable bonds is 5. The van der Waals surface area contributed by atoms with Gasteiger partial charge in [-0.1, -0.05) is 42.5 Å². The molecule has 1 atom stereocenters. The number of nitrogens with zero attached hydrogens (tertiary/aromatic N) is 1. The minimum absolute atomic E-state index is 0.0771. The number of benzene rings is 2. The van der Waals surface area contributed by atoms with Gasteiger partial charge in [-0.25, -0.2) is 0 Å². The Hall–Kier alpha value is -2.59. The van der Waals surface area contributed by atoms with Crippen LogP contribution in [0.4, 0.5) is 0 Å². The number of carbonyl (C=O) groups excluding carboxylic acids is 1. The van der Waals surface area contributed by atoms with E-state index < -0.39 is 0 Å². The first-order valence-corrected chi connectivity index (χ1v) is 9.24. The zero-order valence-corrected chi connectivity index (χ0v) is 14.8. The van der Waals surface area contributed by atoms with E-state index in [4.69, 9.17) is 0 Å². The Labute approximate surface area is 153 Å².